The van der Waals surface area contributed by atoms with Crippen LogP contribution in [0.5, 0.6) is 0 Å². The van der Waals surface area contributed by atoms with Crippen molar-refractivity contribution in [3.05, 3.63) is 16.3 Å². The third-order valence-corrected chi connectivity index (χ3v) is 4.00. The molecule has 2 atom stereocenters. The van der Waals surface area contributed by atoms with Crippen LogP contribution in [0.15, 0.2) is 6.20 Å². The van der Waals surface area contributed by atoms with Crippen molar-refractivity contribution in [2.75, 3.05) is 17.2 Å². The first kappa shape index (κ1) is 15.5. The molecule has 0 aromatic carbocycles. The number of nitrogens with zero attached hydrogens (tertiary/aromatic N) is 3. The third-order valence-electron chi connectivity index (χ3n) is 4.00. The highest BCUT2D eigenvalue weighted by atomic mass is 16.6. The molecule has 1 aliphatic rings. The first-order valence-corrected chi connectivity index (χ1v) is 7.65. The molecule has 1 aromatic rings. The van der Waals surface area contributed by atoms with Gasteiger partial charge in [-0.25, -0.2) is 4.98 Å². The van der Waals surface area contributed by atoms with Crippen LogP contribution in [-0.2, 0) is 0 Å². The van der Waals surface area contributed by atoms with Crippen molar-refractivity contribution >= 4 is 17.5 Å². The van der Waals surface area contributed by atoms with Gasteiger partial charge >= 0.3 is 5.69 Å². The molecule has 1 aromatic heterocycles. The maximum Gasteiger partial charge on any atom is 0.329 e. The molecule has 2 unspecified atom stereocenters. The van der Waals surface area contributed by atoms with Crippen molar-refractivity contribution in [1.82, 2.24) is 9.97 Å². The van der Waals surface area contributed by atoms with Crippen molar-refractivity contribution in [3.8, 4) is 0 Å². The quantitative estimate of drug-likeness (QED) is 0.618. The smallest absolute Gasteiger partial charge is 0.329 e. The molecule has 116 valence electrons. The molecule has 1 fully saturated rings. The summed E-state index contributed by atoms with van der Waals surface area (Å²) >= 11 is 0. The van der Waals surface area contributed by atoms with Gasteiger partial charge in [-0.05, 0) is 25.7 Å². The Kier molecular flexibility index (Phi) is 5.30. The van der Waals surface area contributed by atoms with Gasteiger partial charge in [0.15, 0.2) is 0 Å². The molecule has 1 aliphatic carbocycles. The van der Waals surface area contributed by atoms with E-state index in [1.807, 2.05) is 6.92 Å². The van der Waals surface area contributed by atoms with Gasteiger partial charge in [-0.1, -0.05) is 26.2 Å². The summed E-state index contributed by atoms with van der Waals surface area (Å²) in [5.74, 6) is 1.45. The van der Waals surface area contributed by atoms with E-state index >= 15 is 0 Å². The van der Waals surface area contributed by atoms with Gasteiger partial charge in [0, 0.05) is 12.6 Å². The summed E-state index contributed by atoms with van der Waals surface area (Å²) in [7, 11) is 0. The Bertz CT molecular complexity index is 494. The summed E-state index contributed by atoms with van der Waals surface area (Å²) in [5.41, 5.74) is -0.0599. The zero-order chi connectivity index (χ0) is 15.2. The van der Waals surface area contributed by atoms with E-state index in [9.17, 15) is 10.1 Å². The molecular formula is C14H23N5O2. The van der Waals surface area contributed by atoms with E-state index < -0.39 is 4.92 Å². The molecule has 7 heteroatoms. The number of anilines is 2. The van der Waals surface area contributed by atoms with Crippen molar-refractivity contribution in [2.24, 2.45) is 5.92 Å². The lowest BCUT2D eigenvalue weighted by atomic mass is 9.84. The minimum absolute atomic E-state index is 0.0599. The summed E-state index contributed by atoms with van der Waals surface area (Å²) in [6.07, 6.45) is 6.93. The molecule has 0 aliphatic heterocycles. The van der Waals surface area contributed by atoms with E-state index in [2.05, 4.69) is 27.5 Å². The molecule has 0 radical (unpaired) electrons. The predicted octanol–water partition coefficient (Wildman–Crippen LogP) is 3.20. The van der Waals surface area contributed by atoms with Crippen LogP contribution in [0.25, 0.3) is 0 Å². The summed E-state index contributed by atoms with van der Waals surface area (Å²) in [5, 5.41) is 17.4. The van der Waals surface area contributed by atoms with Gasteiger partial charge in [-0.15, -0.1) is 0 Å². The van der Waals surface area contributed by atoms with E-state index in [-0.39, 0.29) is 11.7 Å². The number of hydrogen-bond donors (Lipinski definition) is 2. The predicted molar refractivity (Wildman–Crippen MR) is 82.5 cm³/mol. The van der Waals surface area contributed by atoms with Crippen LogP contribution in [-0.4, -0.2) is 27.5 Å². The van der Waals surface area contributed by atoms with Crippen molar-refractivity contribution in [3.63, 3.8) is 0 Å². The monoisotopic (exact) mass is 293 g/mol. The van der Waals surface area contributed by atoms with Crippen LogP contribution in [0, 0.1) is 16.0 Å². The van der Waals surface area contributed by atoms with E-state index in [0.717, 1.165) is 25.7 Å². The zero-order valence-corrected chi connectivity index (χ0v) is 12.6. The maximum absolute atomic E-state index is 11.1. The molecule has 2 N–H and O–H groups in total. The van der Waals surface area contributed by atoms with Crippen molar-refractivity contribution in [2.45, 2.75) is 52.0 Å². The fourth-order valence-corrected chi connectivity index (χ4v) is 2.84. The number of aromatic nitrogens is 2. The molecular weight excluding hydrogens is 270 g/mol. The first-order valence-electron chi connectivity index (χ1n) is 7.65. The van der Waals surface area contributed by atoms with Crippen LogP contribution < -0.4 is 10.6 Å². The van der Waals surface area contributed by atoms with Crippen LogP contribution in [0.1, 0.15) is 46.0 Å². The summed E-state index contributed by atoms with van der Waals surface area (Å²) < 4.78 is 0. The Morgan fingerprint density at radius 3 is 2.90 bits per heavy atom. The summed E-state index contributed by atoms with van der Waals surface area (Å²) in [4.78, 5) is 18.9. The number of nitrogens with one attached hydrogen (secondary N) is 2. The highest BCUT2D eigenvalue weighted by molar-refractivity contribution is 5.57. The Morgan fingerprint density at radius 1 is 1.43 bits per heavy atom. The zero-order valence-electron chi connectivity index (χ0n) is 12.6. The third kappa shape index (κ3) is 4.03. The average Bonchev–Trinajstić information content (AvgIpc) is 2.48. The first-order chi connectivity index (χ1) is 10.1. The molecule has 0 bridgehead atoms. The fourth-order valence-electron chi connectivity index (χ4n) is 2.84. The van der Waals surface area contributed by atoms with Gasteiger partial charge in [0.05, 0.1) is 4.92 Å². The topological polar surface area (TPSA) is 93.0 Å². The maximum atomic E-state index is 11.1. The molecule has 0 saturated heterocycles. The van der Waals surface area contributed by atoms with E-state index in [0.29, 0.717) is 24.2 Å². The molecule has 0 spiro atoms. The van der Waals surface area contributed by atoms with Crippen molar-refractivity contribution in [1.29, 1.82) is 0 Å². The molecule has 1 heterocycles. The van der Waals surface area contributed by atoms with Gasteiger partial charge in [0.2, 0.25) is 11.8 Å². The van der Waals surface area contributed by atoms with Crippen LogP contribution in [0.2, 0.25) is 0 Å². The summed E-state index contributed by atoms with van der Waals surface area (Å²) in [6, 6.07) is 0.256. The second-order valence-electron chi connectivity index (χ2n) is 5.50. The Labute approximate surface area is 124 Å². The number of nitro groups is 1. The fraction of sp³-hybridized carbons (Fsp3) is 0.714. The Hall–Kier alpha value is -1.92. The van der Waals surface area contributed by atoms with Gasteiger partial charge < -0.3 is 10.6 Å². The number of rotatable bonds is 6. The van der Waals surface area contributed by atoms with Crippen LogP contribution in [0.4, 0.5) is 17.5 Å². The Balaban J connectivity index is 2.16. The lowest BCUT2D eigenvalue weighted by Crippen LogP contribution is -2.28. The molecule has 0 amide bonds. The highest BCUT2D eigenvalue weighted by Crippen LogP contribution is 2.30. The van der Waals surface area contributed by atoms with Gasteiger partial charge in [-0.2, -0.15) is 4.98 Å². The minimum Gasteiger partial charge on any atom is -0.361 e. The van der Waals surface area contributed by atoms with E-state index in [1.54, 1.807) is 0 Å². The van der Waals surface area contributed by atoms with Crippen molar-refractivity contribution < 1.29 is 4.92 Å². The lowest BCUT2D eigenvalue weighted by molar-refractivity contribution is -0.384. The average molecular weight is 293 g/mol. The summed E-state index contributed by atoms with van der Waals surface area (Å²) in [6.45, 7) is 4.81. The van der Waals surface area contributed by atoms with Gasteiger partial charge in [0.1, 0.15) is 6.20 Å². The van der Waals surface area contributed by atoms with Gasteiger partial charge in [-0.3, -0.25) is 10.1 Å². The molecule has 7 nitrogen and oxygen atoms in total. The standard InChI is InChI=1S/C14H23N5O2/c1-3-10-6-5-7-11(8-10)17-13-12(19(20)21)9-16-14(18-13)15-4-2/h9-11H,3-8H2,1-2H3,(H2,15,16,17,18). The molecule has 21 heavy (non-hydrogen) atoms. The lowest BCUT2D eigenvalue weighted by Gasteiger charge is -2.29. The van der Waals surface area contributed by atoms with Crippen LogP contribution in [0.3, 0.4) is 0 Å². The normalized spacial score (nSPS) is 21.8. The largest absolute Gasteiger partial charge is 0.361 e. The number of hydrogen-bond acceptors (Lipinski definition) is 6. The van der Waals surface area contributed by atoms with Gasteiger partial charge in [0.25, 0.3) is 0 Å². The van der Waals surface area contributed by atoms with Crippen LogP contribution >= 0.6 is 0 Å². The SMILES string of the molecule is CCNc1ncc([N+](=O)[O-])c(NC2CCCC(CC)C2)n1. The second kappa shape index (κ2) is 7.19. The van der Waals surface area contributed by atoms with E-state index in [4.69, 9.17) is 0 Å². The second-order valence-corrected chi connectivity index (χ2v) is 5.50. The molecule has 2 rings (SSSR count). The molecule has 1 saturated carbocycles. The van der Waals surface area contributed by atoms with E-state index in [1.165, 1.54) is 12.6 Å². The minimum atomic E-state index is -0.432. The Morgan fingerprint density at radius 2 is 2.24 bits per heavy atom. The highest BCUT2D eigenvalue weighted by Gasteiger charge is 2.24.